The second-order valence-electron chi connectivity index (χ2n) is 3.36. The summed E-state index contributed by atoms with van der Waals surface area (Å²) in [5, 5.41) is 9.33. The van der Waals surface area contributed by atoms with Crippen molar-refractivity contribution in [3.05, 3.63) is 24.5 Å². The van der Waals surface area contributed by atoms with Crippen molar-refractivity contribution in [2.45, 2.75) is 18.9 Å². The molecule has 1 fully saturated rings. The molecule has 1 aliphatic heterocycles. The van der Waals surface area contributed by atoms with Crippen molar-refractivity contribution in [2.75, 3.05) is 18.0 Å². The number of pyridine rings is 1. The maximum Gasteiger partial charge on any atom is 0.0573 e. The topological polar surface area (TPSA) is 36.4 Å². The molecule has 0 amide bonds. The molecule has 1 aromatic heterocycles. The summed E-state index contributed by atoms with van der Waals surface area (Å²) < 4.78 is 0. The van der Waals surface area contributed by atoms with Gasteiger partial charge in [-0.05, 0) is 12.8 Å². The molecule has 1 N–H and O–H groups in total. The van der Waals surface area contributed by atoms with Gasteiger partial charge in [-0.3, -0.25) is 0 Å². The molecule has 0 saturated carbocycles. The van der Waals surface area contributed by atoms with Crippen LogP contribution in [0.5, 0.6) is 0 Å². The van der Waals surface area contributed by atoms with Gasteiger partial charge in [0.05, 0.1) is 6.10 Å². The molecule has 2 heterocycles. The van der Waals surface area contributed by atoms with E-state index < -0.39 is 0 Å². The van der Waals surface area contributed by atoms with Crippen molar-refractivity contribution in [3.8, 4) is 0 Å². The molecule has 0 spiro atoms. The van der Waals surface area contributed by atoms with Crippen LogP contribution in [0.2, 0.25) is 0 Å². The quantitative estimate of drug-likeness (QED) is 0.765. The first-order valence-corrected chi connectivity index (χ1v) is 4.61. The number of rotatable bonds is 1. The summed E-state index contributed by atoms with van der Waals surface area (Å²) in [6, 6.07) is 3.82. The summed E-state index contributed by atoms with van der Waals surface area (Å²) in [6.07, 6.45) is 6.18. The van der Waals surface area contributed by atoms with Crippen LogP contribution >= 0.6 is 0 Å². The summed E-state index contributed by atoms with van der Waals surface area (Å²) in [5.41, 5.74) is 1.13. The molecule has 1 aliphatic rings. The number of piperidine rings is 1. The number of aliphatic hydroxyl groups excluding tert-OH is 1. The van der Waals surface area contributed by atoms with E-state index in [0.717, 1.165) is 31.6 Å². The van der Waals surface area contributed by atoms with Gasteiger partial charge >= 0.3 is 0 Å². The second kappa shape index (κ2) is 5.79. The molecule has 2 rings (SSSR count). The van der Waals surface area contributed by atoms with Gasteiger partial charge in [0, 0.05) is 45.8 Å². The Bertz CT molecular complexity index is 260. The molecule has 0 bridgehead atoms. The summed E-state index contributed by atoms with van der Waals surface area (Å²) in [7, 11) is 0. The normalized spacial score (nSPS) is 17.6. The van der Waals surface area contributed by atoms with Gasteiger partial charge in [0.1, 0.15) is 0 Å². The van der Waals surface area contributed by atoms with Gasteiger partial charge in [0.15, 0.2) is 0 Å². The molecule has 0 unspecified atom stereocenters. The van der Waals surface area contributed by atoms with E-state index in [4.69, 9.17) is 0 Å². The molecule has 4 heteroatoms. The Morgan fingerprint density at radius 2 is 2.14 bits per heavy atom. The molecule has 0 aliphatic carbocycles. The van der Waals surface area contributed by atoms with Crippen molar-refractivity contribution in [2.24, 2.45) is 0 Å². The zero-order valence-corrected chi connectivity index (χ0v) is 10.9. The molecule has 73 valence electrons. The Balaban J connectivity index is 0.000000980. The zero-order chi connectivity index (χ0) is 9.10. The minimum Gasteiger partial charge on any atom is -0.393 e. The number of nitrogens with zero attached hydrogens (tertiary/aromatic N) is 2. The average molecular weight is 266 g/mol. The summed E-state index contributed by atoms with van der Waals surface area (Å²) in [5.74, 6) is 0. The van der Waals surface area contributed by atoms with E-state index in [1.54, 1.807) is 0 Å². The predicted molar refractivity (Wildman–Crippen MR) is 50.5 cm³/mol. The van der Waals surface area contributed by atoms with E-state index in [2.05, 4.69) is 16.1 Å². The first-order chi connectivity index (χ1) is 6.36. The van der Waals surface area contributed by atoms with Gasteiger partial charge in [0.25, 0.3) is 0 Å². The van der Waals surface area contributed by atoms with E-state index in [9.17, 15) is 5.11 Å². The molecule has 0 aromatic carbocycles. The van der Waals surface area contributed by atoms with Crippen LogP contribution in [-0.4, -0.2) is 29.3 Å². The number of hydrogen-bond acceptors (Lipinski definition) is 3. The van der Waals surface area contributed by atoms with E-state index in [1.165, 1.54) is 0 Å². The van der Waals surface area contributed by atoms with Crippen LogP contribution in [0.1, 0.15) is 12.8 Å². The van der Waals surface area contributed by atoms with Crippen molar-refractivity contribution in [1.82, 2.24) is 4.98 Å². The minimum absolute atomic E-state index is 0. The average Bonchev–Trinajstić information content (AvgIpc) is 2.20. The third-order valence-electron chi connectivity index (χ3n) is 2.43. The van der Waals surface area contributed by atoms with E-state index >= 15 is 0 Å². The van der Waals surface area contributed by atoms with E-state index in [1.807, 2.05) is 18.3 Å². The fourth-order valence-electron chi connectivity index (χ4n) is 1.62. The van der Waals surface area contributed by atoms with Crippen molar-refractivity contribution in [1.29, 1.82) is 0 Å². The maximum absolute atomic E-state index is 9.33. The molecule has 3 nitrogen and oxygen atoms in total. The Morgan fingerprint density at radius 3 is 2.71 bits per heavy atom. The SMILES string of the molecule is OC1CCN(c2cc[c-]nc2)CC1.[Y]. The van der Waals surface area contributed by atoms with Crippen molar-refractivity contribution >= 4 is 5.69 Å². The maximum atomic E-state index is 9.33. The smallest absolute Gasteiger partial charge is 0.0573 e. The summed E-state index contributed by atoms with van der Waals surface area (Å²) in [6.45, 7) is 1.85. The molecule has 1 saturated heterocycles. The molecule has 1 aromatic rings. The second-order valence-corrected chi connectivity index (χ2v) is 3.36. The fraction of sp³-hybridized carbons (Fsp3) is 0.500. The van der Waals surface area contributed by atoms with Crippen molar-refractivity contribution in [3.63, 3.8) is 0 Å². The third kappa shape index (κ3) is 3.01. The van der Waals surface area contributed by atoms with Gasteiger partial charge in [-0.25, -0.2) is 0 Å². The molecule has 14 heavy (non-hydrogen) atoms. The van der Waals surface area contributed by atoms with Gasteiger partial charge in [-0.1, -0.05) is 18.1 Å². The van der Waals surface area contributed by atoms with Crippen LogP contribution in [0.4, 0.5) is 5.69 Å². The van der Waals surface area contributed by atoms with Gasteiger partial charge in [-0.2, -0.15) is 6.07 Å². The zero-order valence-electron chi connectivity index (χ0n) is 8.06. The van der Waals surface area contributed by atoms with Crippen LogP contribution in [0.15, 0.2) is 18.3 Å². The predicted octanol–water partition coefficient (Wildman–Crippen LogP) is 0.840. The molecule has 1 radical (unpaired) electrons. The van der Waals surface area contributed by atoms with Crippen LogP contribution < -0.4 is 4.90 Å². The van der Waals surface area contributed by atoms with Gasteiger partial charge in [-0.15, -0.1) is 6.07 Å². The van der Waals surface area contributed by atoms with E-state index in [0.29, 0.717) is 0 Å². The van der Waals surface area contributed by atoms with Crippen LogP contribution in [0.3, 0.4) is 0 Å². The van der Waals surface area contributed by atoms with Crippen LogP contribution in [0, 0.1) is 6.20 Å². The molecule has 0 atom stereocenters. The largest absolute Gasteiger partial charge is 0.393 e. The minimum atomic E-state index is -0.112. The molecular formula is C10H13N2OY-. The van der Waals surface area contributed by atoms with Gasteiger partial charge in [0.2, 0.25) is 0 Å². The third-order valence-corrected chi connectivity index (χ3v) is 2.43. The number of hydrogen-bond donors (Lipinski definition) is 1. The number of aliphatic hydroxyl groups is 1. The standard InChI is InChI=1S/C10H13N2O.Y/c13-10-3-6-12(7-4-10)9-2-1-5-11-8-9;/h1-2,8,10,13H,3-4,6-7H2;/q-1;. The van der Waals surface area contributed by atoms with Crippen LogP contribution in [-0.2, 0) is 32.7 Å². The molecular weight excluding hydrogens is 253 g/mol. The summed E-state index contributed by atoms with van der Waals surface area (Å²) in [4.78, 5) is 6.19. The Labute approximate surface area is 109 Å². The first-order valence-electron chi connectivity index (χ1n) is 4.61. The van der Waals surface area contributed by atoms with E-state index in [-0.39, 0.29) is 38.8 Å². The number of anilines is 1. The first kappa shape index (κ1) is 12.1. The number of aromatic nitrogens is 1. The Hall–Kier alpha value is 0.0139. The summed E-state index contributed by atoms with van der Waals surface area (Å²) >= 11 is 0. The van der Waals surface area contributed by atoms with Crippen LogP contribution in [0.25, 0.3) is 0 Å². The van der Waals surface area contributed by atoms with Gasteiger partial charge < -0.3 is 15.0 Å². The Morgan fingerprint density at radius 1 is 1.43 bits per heavy atom. The van der Waals surface area contributed by atoms with Crippen molar-refractivity contribution < 1.29 is 37.8 Å². The Kier molecular flexibility index (Phi) is 5.00. The monoisotopic (exact) mass is 266 g/mol. The fourth-order valence-corrected chi connectivity index (χ4v) is 1.62.